The number of nitrogens with zero attached hydrogens (tertiary/aromatic N) is 1. The van der Waals surface area contributed by atoms with E-state index in [0.717, 1.165) is 37.2 Å². The predicted molar refractivity (Wildman–Crippen MR) is 82.1 cm³/mol. The van der Waals surface area contributed by atoms with Crippen molar-refractivity contribution in [3.8, 4) is 5.75 Å². The van der Waals surface area contributed by atoms with Gasteiger partial charge in [0.2, 0.25) is 5.91 Å². The van der Waals surface area contributed by atoms with Crippen LogP contribution in [0, 0.1) is 11.8 Å². The lowest BCUT2D eigenvalue weighted by atomic mass is 9.96. The zero-order valence-electron chi connectivity index (χ0n) is 12.8. The van der Waals surface area contributed by atoms with Crippen LogP contribution >= 0.6 is 0 Å². The lowest BCUT2D eigenvalue weighted by molar-refractivity contribution is -0.137. The minimum absolute atomic E-state index is 0.125. The molecule has 2 aliphatic rings. The van der Waals surface area contributed by atoms with Gasteiger partial charge in [-0.05, 0) is 31.4 Å². The molecule has 1 saturated heterocycles. The zero-order valence-corrected chi connectivity index (χ0v) is 12.8. The highest BCUT2D eigenvalue weighted by Crippen LogP contribution is 2.33. The fraction of sp³-hybridized carbons (Fsp3) is 0.588. The third-order valence-corrected chi connectivity index (χ3v) is 4.64. The molecule has 114 valence electrons. The number of rotatable bonds is 5. The molecule has 1 aromatic rings. The van der Waals surface area contributed by atoms with Gasteiger partial charge in [0.1, 0.15) is 5.75 Å². The Hall–Kier alpha value is -1.55. The second kappa shape index (κ2) is 6.06. The Balaban J connectivity index is 1.77. The maximum Gasteiger partial charge on any atom is 0.227 e. The standard InChI is InChI=1S/C17H24N2O2/c1-12-9-18-10-15(12)17(20)19(14-7-8-14)11-13-5-3-4-6-16(13)21-2/h3-6,12,14-15,18H,7-11H2,1-2H3/t12-,15-/m1/s1. The van der Waals surface area contributed by atoms with Gasteiger partial charge in [0.05, 0.1) is 13.0 Å². The Morgan fingerprint density at radius 1 is 1.33 bits per heavy atom. The number of para-hydroxylation sites is 1. The van der Waals surface area contributed by atoms with Crippen molar-refractivity contribution in [3.05, 3.63) is 29.8 Å². The molecule has 1 aliphatic carbocycles. The second-order valence-corrected chi connectivity index (χ2v) is 6.25. The first-order chi connectivity index (χ1) is 10.2. The summed E-state index contributed by atoms with van der Waals surface area (Å²) in [5.41, 5.74) is 1.10. The van der Waals surface area contributed by atoms with E-state index in [1.165, 1.54) is 0 Å². The SMILES string of the molecule is COc1ccccc1CN(C(=O)[C@@H]1CNC[C@H]1C)C1CC1. The van der Waals surface area contributed by atoms with Crippen LogP contribution in [0.1, 0.15) is 25.3 Å². The molecule has 4 heteroatoms. The summed E-state index contributed by atoms with van der Waals surface area (Å²) in [5, 5.41) is 3.33. The Morgan fingerprint density at radius 2 is 2.10 bits per heavy atom. The number of nitrogens with one attached hydrogen (secondary N) is 1. The number of amides is 1. The second-order valence-electron chi connectivity index (χ2n) is 6.25. The van der Waals surface area contributed by atoms with Crippen LogP contribution < -0.4 is 10.1 Å². The first-order valence-electron chi connectivity index (χ1n) is 7.83. The Morgan fingerprint density at radius 3 is 2.71 bits per heavy atom. The molecular weight excluding hydrogens is 264 g/mol. The maximum atomic E-state index is 12.9. The van der Waals surface area contributed by atoms with Crippen LogP contribution in [0.25, 0.3) is 0 Å². The van der Waals surface area contributed by atoms with Gasteiger partial charge in [0, 0.05) is 24.7 Å². The topological polar surface area (TPSA) is 41.6 Å². The van der Waals surface area contributed by atoms with Crippen molar-refractivity contribution < 1.29 is 9.53 Å². The third kappa shape index (κ3) is 3.05. The van der Waals surface area contributed by atoms with Gasteiger partial charge in [-0.3, -0.25) is 4.79 Å². The largest absolute Gasteiger partial charge is 0.496 e. The van der Waals surface area contributed by atoms with Crippen LogP contribution in [-0.4, -0.2) is 37.0 Å². The lowest BCUT2D eigenvalue weighted by Crippen LogP contribution is -2.39. The smallest absolute Gasteiger partial charge is 0.227 e. The van der Waals surface area contributed by atoms with Gasteiger partial charge in [0.15, 0.2) is 0 Å². The molecule has 0 bridgehead atoms. The van der Waals surface area contributed by atoms with Crippen molar-refractivity contribution in [1.29, 1.82) is 0 Å². The van der Waals surface area contributed by atoms with E-state index in [2.05, 4.69) is 23.2 Å². The highest BCUT2D eigenvalue weighted by molar-refractivity contribution is 5.80. The molecule has 1 N–H and O–H groups in total. The van der Waals surface area contributed by atoms with Gasteiger partial charge in [0.25, 0.3) is 0 Å². The molecule has 0 aromatic heterocycles. The van der Waals surface area contributed by atoms with Crippen molar-refractivity contribution in [2.75, 3.05) is 20.2 Å². The molecule has 3 rings (SSSR count). The molecule has 1 aliphatic heterocycles. The van der Waals surface area contributed by atoms with E-state index in [-0.39, 0.29) is 5.92 Å². The van der Waals surface area contributed by atoms with E-state index in [0.29, 0.717) is 24.4 Å². The average molecular weight is 288 g/mol. The summed E-state index contributed by atoms with van der Waals surface area (Å²) < 4.78 is 5.42. The summed E-state index contributed by atoms with van der Waals surface area (Å²) in [6, 6.07) is 8.42. The Bertz CT molecular complexity index is 513. The Labute approximate surface area is 126 Å². The number of ether oxygens (including phenoxy) is 1. The Kier molecular flexibility index (Phi) is 4.15. The molecule has 0 unspecified atom stereocenters. The number of hydrogen-bond acceptors (Lipinski definition) is 3. The number of methoxy groups -OCH3 is 1. The quantitative estimate of drug-likeness (QED) is 0.901. The summed E-state index contributed by atoms with van der Waals surface area (Å²) in [6.07, 6.45) is 2.27. The molecular formula is C17H24N2O2. The minimum atomic E-state index is 0.125. The molecule has 2 atom stereocenters. The number of hydrogen-bond donors (Lipinski definition) is 1. The number of carbonyl (C=O) groups is 1. The fourth-order valence-corrected chi connectivity index (χ4v) is 3.14. The number of benzene rings is 1. The van der Waals surface area contributed by atoms with Crippen molar-refractivity contribution in [3.63, 3.8) is 0 Å². The van der Waals surface area contributed by atoms with Crippen LogP contribution in [0.5, 0.6) is 5.75 Å². The van der Waals surface area contributed by atoms with Crippen molar-refractivity contribution in [2.45, 2.75) is 32.4 Å². The summed E-state index contributed by atoms with van der Waals surface area (Å²) in [6.45, 7) is 4.59. The normalized spacial score (nSPS) is 24.9. The van der Waals surface area contributed by atoms with Crippen molar-refractivity contribution >= 4 is 5.91 Å². The summed E-state index contributed by atoms with van der Waals surface area (Å²) in [7, 11) is 1.69. The molecule has 0 spiro atoms. The monoisotopic (exact) mass is 288 g/mol. The molecule has 1 heterocycles. The van der Waals surface area contributed by atoms with E-state index >= 15 is 0 Å². The third-order valence-electron chi connectivity index (χ3n) is 4.64. The highest BCUT2D eigenvalue weighted by atomic mass is 16.5. The van der Waals surface area contributed by atoms with Gasteiger partial charge in [-0.1, -0.05) is 25.1 Å². The van der Waals surface area contributed by atoms with Crippen LogP contribution in [-0.2, 0) is 11.3 Å². The molecule has 4 nitrogen and oxygen atoms in total. The van der Waals surface area contributed by atoms with Gasteiger partial charge in [-0.2, -0.15) is 0 Å². The van der Waals surface area contributed by atoms with Crippen LogP contribution in [0.15, 0.2) is 24.3 Å². The van der Waals surface area contributed by atoms with E-state index in [1.54, 1.807) is 7.11 Å². The predicted octanol–water partition coefficient (Wildman–Crippen LogP) is 2.04. The summed E-state index contributed by atoms with van der Waals surface area (Å²) in [5.74, 6) is 1.73. The van der Waals surface area contributed by atoms with Crippen LogP contribution in [0.3, 0.4) is 0 Å². The minimum Gasteiger partial charge on any atom is -0.496 e. The first-order valence-corrected chi connectivity index (χ1v) is 7.83. The van der Waals surface area contributed by atoms with E-state index in [1.807, 2.05) is 18.2 Å². The van der Waals surface area contributed by atoms with Crippen LogP contribution in [0.2, 0.25) is 0 Å². The molecule has 21 heavy (non-hydrogen) atoms. The van der Waals surface area contributed by atoms with Gasteiger partial charge in [-0.15, -0.1) is 0 Å². The highest BCUT2D eigenvalue weighted by Gasteiger charge is 2.39. The van der Waals surface area contributed by atoms with Crippen molar-refractivity contribution in [2.24, 2.45) is 11.8 Å². The van der Waals surface area contributed by atoms with Crippen LogP contribution in [0.4, 0.5) is 0 Å². The van der Waals surface area contributed by atoms with E-state index in [4.69, 9.17) is 4.74 Å². The number of carbonyl (C=O) groups excluding carboxylic acids is 1. The van der Waals surface area contributed by atoms with Gasteiger partial charge >= 0.3 is 0 Å². The lowest BCUT2D eigenvalue weighted by Gasteiger charge is -2.27. The van der Waals surface area contributed by atoms with E-state index in [9.17, 15) is 4.79 Å². The van der Waals surface area contributed by atoms with E-state index < -0.39 is 0 Å². The first kappa shape index (κ1) is 14.4. The van der Waals surface area contributed by atoms with Gasteiger partial charge < -0.3 is 15.0 Å². The molecule has 1 aromatic carbocycles. The fourth-order valence-electron chi connectivity index (χ4n) is 3.14. The molecule has 1 amide bonds. The molecule has 0 radical (unpaired) electrons. The van der Waals surface area contributed by atoms with Crippen molar-refractivity contribution in [1.82, 2.24) is 10.2 Å². The summed E-state index contributed by atoms with van der Waals surface area (Å²) >= 11 is 0. The molecule has 1 saturated carbocycles. The zero-order chi connectivity index (χ0) is 14.8. The summed E-state index contributed by atoms with van der Waals surface area (Å²) in [4.78, 5) is 15.0. The average Bonchev–Trinajstić information content (AvgIpc) is 3.25. The van der Waals surface area contributed by atoms with Gasteiger partial charge in [-0.25, -0.2) is 0 Å². The molecule has 2 fully saturated rings. The maximum absolute atomic E-state index is 12.9.